The van der Waals surface area contributed by atoms with Crippen molar-refractivity contribution in [3.05, 3.63) is 24.3 Å². The first-order chi connectivity index (χ1) is 10.7. The van der Waals surface area contributed by atoms with Gasteiger partial charge in [0.1, 0.15) is 0 Å². The van der Waals surface area contributed by atoms with Gasteiger partial charge in [-0.15, -0.1) is 0 Å². The van der Waals surface area contributed by atoms with Crippen molar-refractivity contribution in [3.8, 4) is 0 Å². The first kappa shape index (κ1) is 18.0. The van der Waals surface area contributed by atoms with Gasteiger partial charge < -0.3 is 18.9 Å². The van der Waals surface area contributed by atoms with Gasteiger partial charge in [-0.25, -0.2) is 0 Å². The summed E-state index contributed by atoms with van der Waals surface area (Å²) in [4.78, 5) is 13.8. The highest BCUT2D eigenvalue weighted by Gasteiger charge is 2.51. The summed E-state index contributed by atoms with van der Waals surface area (Å²) < 4.78 is 17.1. The van der Waals surface area contributed by atoms with E-state index in [1.54, 1.807) is 19.1 Å². The molecule has 0 unspecified atom stereocenters. The summed E-state index contributed by atoms with van der Waals surface area (Å²) in [5, 5.41) is 0. The zero-order valence-electron chi connectivity index (χ0n) is 14.9. The summed E-state index contributed by atoms with van der Waals surface area (Å²) >= 11 is 0. The third-order valence-electron chi connectivity index (χ3n) is 4.68. The van der Waals surface area contributed by atoms with Crippen LogP contribution in [-0.2, 0) is 18.8 Å². The Morgan fingerprint density at radius 2 is 1.83 bits per heavy atom. The quantitative estimate of drug-likeness (QED) is 0.779. The van der Waals surface area contributed by atoms with Crippen molar-refractivity contribution < 1.29 is 18.8 Å². The van der Waals surface area contributed by atoms with E-state index in [1.165, 1.54) is 0 Å². The van der Waals surface area contributed by atoms with Crippen molar-refractivity contribution in [3.63, 3.8) is 0 Å². The Kier molecular flexibility index (Phi) is 5.18. The molecule has 6 heteroatoms. The maximum Gasteiger partial charge on any atom is 0.494 e. The molecule has 0 spiro atoms. The van der Waals surface area contributed by atoms with Crippen LogP contribution in [0, 0.1) is 0 Å². The van der Waals surface area contributed by atoms with E-state index in [2.05, 4.69) is 0 Å². The van der Waals surface area contributed by atoms with Crippen molar-refractivity contribution in [1.29, 1.82) is 0 Å². The molecule has 0 radical (unpaired) electrons. The average molecular weight is 319 g/mol. The Balaban J connectivity index is 2.16. The number of methoxy groups -OCH3 is 1. The third kappa shape index (κ3) is 3.76. The van der Waals surface area contributed by atoms with E-state index < -0.39 is 7.12 Å². The molecule has 0 aromatic heterocycles. The summed E-state index contributed by atoms with van der Waals surface area (Å²) in [6.45, 7) is 8.52. The molecule has 5 nitrogen and oxygen atoms in total. The second-order valence-electron chi connectivity index (χ2n) is 6.88. The summed E-state index contributed by atoms with van der Waals surface area (Å²) in [5.41, 5.74) is 0.965. The lowest BCUT2D eigenvalue weighted by Gasteiger charge is -2.32. The molecular formula is C17H26BNO4. The van der Waals surface area contributed by atoms with Crippen LogP contribution >= 0.6 is 0 Å². The maximum absolute atomic E-state index is 12.1. The fourth-order valence-corrected chi connectivity index (χ4v) is 2.36. The molecule has 1 aromatic carbocycles. The molecule has 0 N–H and O–H groups in total. The van der Waals surface area contributed by atoms with Crippen LogP contribution in [0.3, 0.4) is 0 Å². The van der Waals surface area contributed by atoms with Gasteiger partial charge in [0, 0.05) is 19.8 Å². The number of carbonyl (C=O) groups excluding carboxylic acids is 1. The van der Waals surface area contributed by atoms with Gasteiger partial charge in [0.25, 0.3) is 0 Å². The molecule has 1 fully saturated rings. The normalized spacial score (nSPS) is 19.0. The standard InChI is InChI=1S/C17H26BNO4/c1-16(2)17(3,4)23-18(22-16)13-8-7-9-14(12-13)19(5)15(20)10-11-21-6/h7-9,12H,10-11H2,1-6H3. The molecule has 0 atom stereocenters. The molecule has 1 saturated heterocycles. The Labute approximate surface area is 139 Å². The zero-order chi connectivity index (χ0) is 17.3. The van der Waals surface area contributed by atoms with Gasteiger partial charge >= 0.3 is 7.12 Å². The second-order valence-corrected chi connectivity index (χ2v) is 6.88. The Morgan fingerprint density at radius 3 is 2.39 bits per heavy atom. The molecule has 23 heavy (non-hydrogen) atoms. The fraction of sp³-hybridized carbons (Fsp3) is 0.588. The first-order valence-electron chi connectivity index (χ1n) is 7.89. The molecule has 1 amide bonds. The topological polar surface area (TPSA) is 48.0 Å². The Morgan fingerprint density at radius 1 is 1.22 bits per heavy atom. The van der Waals surface area contributed by atoms with Gasteiger partial charge in [0.15, 0.2) is 0 Å². The summed E-state index contributed by atoms with van der Waals surface area (Å²) in [5.74, 6) is 0.0120. The van der Waals surface area contributed by atoms with Gasteiger partial charge in [-0.1, -0.05) is 12.1 Å². The van der Waals surface area contributed by atoms with E-state index in [9.17, 15) is 4.79 Å². The van der Waals surface area contributed by atoms with E-state index in [0.717, 1.165) is 11.2 Å². The molecule has 1 aliphatic rings. The number of carbonyl (C=O) groups is 1. The molecule has 1 aliphatic heterocycles. The molecule has 0 aliphatic carbocycles. The van der Waals surface area contributed by atoms with Gasteiger partial charge in [-0.05, 0) is 45.3 Å². The predicted molar refractivity (Wildman–Crippen MR) is 92.1 cm³/mol. The highest BCUT2D eigenvalue weighted by Crippen LogP contribution is 2.36. The second kappa shape index (κ2) is 6.63. The molecule has 0 bridgehead atoms. The largest absolute Gasteiger partial charge is 0.494 e. The average Bonchev–Trinajstić information content (AvgIpc) is 2.72. The van der Waals surface area contributed by atoms with Crippen molar-refractivity contribution >= 4 is 24.2 Å². The number of rotatable bonds is 5. The molecular weight excluding hydrogens is 293 g/mol. The fourth-order valence-electron chi connectivity index (χ4n) is 2.36. The van der Waals surface area contributed by atoms with E-state index in [4.69, 9.17) is 14.0 Å². The highest BCUT2D eigenvalue weighted by atomic mass is 16.7. The third-order valence-corrected chi connectivity index (χ3v) is 4.68. The van der Waals surface area contributed by atoms with Crippen LogP contribution in [0.25, 0.3) is 0 Å². The number of amides is 1. The number of hydrogen-bond acceptors (Lipinski definition) is 4. The molecule has 1 heterocycles. The van der Waals surface area contributed by atoms with E-state index in [1.807, 2.05) is 52.0 Å². The summed E-state index contributed by atoms with van der Waals surface area (Å²) in [6, 6.07) is 7.71. The maximum atomic E-state index is 12.1. The van der Waals surface area contributed by atoms with Gasteiger partial charge in [0.2, 0.25) is 5.91 Å². The zero-order valence-corrected chi connectivity index (χ0v) is 14.9. The molecule has 0 saturated carbocycles. The van der Waals surface area contributed by atoms with Crippen LogP contribution in [0.15, 0.2) is 24.3 Å². The lowest BCUT2D eigenvalue weighted by molar-refractivity contribution is -0.119. The predicted octanol–water partition coefficient (Wildman–Crippen LogP) is 1.99. The number of anilines is 1. The minimum Gasteiger partial charge on any atom is -0.399 e. The number of benzene rings is 1. The minimum absolute atomic E-state index is 0.0120. The van der Waals surface area contributed by atoms with Crippen LogP contribution in [-0.4, -0.2) is 45.0 Å². The van der Waals surface area contributed by atoms with Gasteiger partial charge in [-0.3, -0.25) is 4.79 Å². The van der Waals surface area contributed by atoms with Crippen LogP contribution < -0.4 is 10.4 Å². The number of nitrogens with zero attached hydrogens (tertiary/aromatic N) is 1. The molecule has 126 valence electrons. The van der Waals surface area contributed by atoms with Crippen molar-refractivity contribution in [2.24, 2.45) is 0 Å². The molecule has 1 aromatic rings. The number of ether oxygens (including phenoxy) is 1. The Hall–Kier alpha value is -1.37. The Bertz CT molecular complexity index is 557. The van der Waals surface area contributed by atoms with E-state index in [0.29, 0.717) is 13.0 Å². The van der Waals surface area contributed by atoms with Crippen LogP contribution in [0.2, 0.25) is 0 Å². The highest BCUT2D eigenvalue weighted by molar-refractivity contribution is 6.62. The summed E-state index contributed by atoms with van der Waals surface area (Å²) in [6.07, 6.45) is 0.355. The number of hydrogen-bond donors (Lipinski definition) is 0. The smallest absolute Gasteiger partial charge is 0.399 e. The summed E-state index contributed by atoms with van der Waals surface area (Å²) in [7, 11) is 2.93. The monoisotopic (exact) mass is 319 g/mol. The van der Waals surface area contributed by atoms with Crippen LogP contribution in [0.4, 0.5) is 5.69 Å². The van der Waals surface area contributed by atoms with E-state index >= 15 is 0 Å². The van der Waals surface area contributed by atoms with E-state index in [-0.39, 0.29) is 17.1 Å². The minimum atomic E-state index is -0.428. The van der Waals surface area contributed by atoms with Crippen molar-refractivity contribution in [2.75, 3.05) is 25.7 Å². The SMILES string of the molecule is COCCC(=O)N(C)c1cccc(B2OC(C)(C)C(C)(C)O2)c1. The molecule has 2 rings (SSSR count). The lowest BCUT2D eigenvalue weighted by atomic mass is 9.79. The van der Waals surface area contributed by atoms with Crippen molar-refractivity contribution in [2.45, 2.75) is 45.3 Å². The lowest BCUT2D eigenvalue weighted by Crippen LogP contribution is -2.41. The van der Waals surface area contributed by atoms with Crippen molar-refractivity contribution in [1.82, 2.24) is 0 Å². The first-order valence-corrected chi connectivity index (χ1v) is 7.89. The van der Waals surface area contributed by atoms with Crippen LogP contribution in [0.5, 0.6) is 0 Å². The van der Waals surface area contributed by atoms with Crippen LogP contribution in [0.1, 0.15) is 34.1 Å². The van der Waals surface area contributed by atoms with Gasteiger partial charge in [-0.2, -0.15) is 0 Å². The van der Waals surface area contributed by atoms with Gasteiger partial charge in [0.05, 0.1) is 24.2 Å².